The van der Waals surface area contributed by atoms with Crippen molar-refractivity contribution in [1.29, 1.82) is 0 Å². The molecule has 0 aromatic heterocycles. The summed E-state index contributed by atoms with van der Waals surface area (Å²) in [5.41, 5.74) is 0.660. The Morgan fingerprint density at radius 1 is 1.17 bits per heavy atom. The average molecular weight is 416 g/mol. The number of hydrogen-bond donors (Lipinski definition) is 1. The number of likely N-dealkylation sites (tertiary alicyclic amines) is 1. The summed E-state index contributed by atoms with van der Waals surface area (Å²) in [5, 5.41) is 2.45. The number of benzene rings is 1. The predicted octanol–water partition coefficient (Wildman–Crippen LogP) is 1.90. The van der Waals surface area contributed by atoms with Gasteiger partial charge in [-0.1, -0.05) is 30.3 Å². The summed E-state index contributed by atoms with van der Waals surface area (Å²) in [6.45, 7) is 5.65. The molecule has 0 aliphatic carbocycles. The van der Waals surface area contributed by atoms with Gasteiger partial charge in [0.1, 0.15) is 5.70 Å². The third-order valence-electron chi connectivity index (χ3n) is 4.70. The lowest BCUT2D eigenvalue weighted by Crippen LogP contribution is -2.46. The summed E-state index contributed by atoms with van der Waals surface area (Å²) >= 11 is 0. The molecule has 162 valence electrons. The largest absolute Gasteiger partial charge is 0.466 e. The van der Waals surface area contributed by atoms with Gasteiger partial charge in [-0.05, 0) is 38.3 Å². The molecule has 8 heteroatoms. The van der Waals surface area contributed by atoms with E-state index in [-0.39, 0.29) is 23.5 Å². The smallest absolute Gasteiger partial charge is 0.355 e. The number of carbonyl (C=O) groups is 4. The van der Waals surface area contributed by atoms with Crippen molar-refractivity contribution in [2.24, 2.45) is 5.92 Å². The summed E-state index contributed by atoms with van der Waals surface area (Å²) in [7, 11) is 0. The fourth-order valence-corrected chi connectivity index (χ4v) is 3.18. The summed E-state index contributed by atoms with van der Waals surface area (Å²) in [6, 6.07) is 8.98. The number of ether oxygens (including phenoxy) is 2. The fraction of sp³-hybridized carbons (Fsp3) is 0.455. The Bertz CT molecular complexity index is 797. The lowest BCUT2D eigenvalue weighted by Gasteiger charge is -2.32. The first-order valence-corrected chi connectivity index (χ1v) is 10.0. The molecule has 1 aliphatic heterocycles. The zero-order valence-corrected chi connectivity index (χ0v) is 17.6. The van der Waals surface area contributed by atoms with Crippen molar-refractivity contribution in [3.05, 3.63) is 41.6 Å². The van der Waals surface area contributed by atoms with E-state index in [4.69, 9.17) is 9.47 Å². The van der Waals surface area contributed by atoms with Crippen molar-refractivity contribution < 1.29 is 28.7 Å². The highest BCUT2D eigenvalue weighted by atomic mass is 16.5. The number of amides is 2. The molecule has 0 saturated carbocycles. The SMILES string of the molecule is CCOC(=O)C1CCN(C(=O)C(C)OC(=O)/C(=C\c2ccccc2)NC(C)=O)CC1. The Morgan fingerprint density at radius 3 is 2.37 bits per heavy atom. The van der Waals surface area contributed by atoms with Gasteiger partial charge in [0, 0.05) is 20.0 Å². The number of carbonyl (C=O) groups excluding carboxylic acids is 4. The van der Waals surface area contributed by atoms with E-state index >= 15 is 0 Å². The minimum atomic E-state index is -1.02. The lowest BCUT2D eigenvalue weighted by atomic mass is 9.97. The molecular formula is C22H28N2O6. The van der Waals surface area contributed by atoms with E-state index in [1.807, 2.05) is 6.07 Å². The number of hydrogen-bond acceptors (Lipinski definition) is 6. The van der Waals surface area contributed by atoms with Crippen molar-refractivity contribution in [3.8, 4) is 0 Å². The number of nitrogens with one attached hydrogen (secondary N) is 1. The van der Waals surface area contributed by atoms with Crippen LogP contribution in [0.25, 0.3) is 6.08 Å². The van der Waals surface area contributed by atoms with Gasteiger partial charge in [0.2, 0.25) is 5.91 Å². The molecule has 0 spiro atoms. The first-order valence-electron chi connectivity index (χ1n) is 10.0. The Kier molecular flexibility index (Phi) is 8.58. The second kappa shape index (κ2) is 11.1. The van der Waals surface area contributed by atoms with Gasteiger partial charge >= 0.3 is 11.9 Å². The molecule has 1 saturated heterocycles. The van der Waals surface area contributed by atoms with Crippen molar-refractivity contribution in [2.75, 3.05) is 19.7 Å². The zero-order chi connectivity index (χ0) is 22.1. The van der Waals surface area contributed by atoms with Crippen LogP contribution in [0.1, 0.15) is 39.2 Å². The van der Waals surface area contributed by atoms with Gasteiger partial charge in [-0.2, -0.15) is 0 Å². The molecule has 2 amide bonds. The second-order valence-corrected chi connectivity index (χ2v) is 7.05. The topological polar surface area (TPSA) is 102 Å². The Balaban J connectivity index is 1.97. The van der Waals surface area contributed by atoms with E-state index in [0.717, 1.165) is 0 Å². The third kappa shape index (κ3) is 6.72. The molecule has 2 rings (SSSR count). The highest BCUT2D eigenvalue weighted by Crippen LogP contribution is 2.20. The molecule has 1 aromatic rings. The minimum Gasteiger partial charge on any atom is -0.466 e. The molecule has 1 N–H and O–H groups in total. The van der Waals surface area contributed by atoms with Gasteiger partial charge in [-0.3, -0.25) is 14.4 Å². The maximum atomic E-state index is 12.7. The molecule has 1 aliphatic rings. The van der Waals surface area contributed by atoms with Crippen LogP contribution < -0.4 is 5.32 Å². The van der Waals surface area contributed by atoms with Crippen LogP contribution in [0.5, 0.6) is 0 Å². The minimum absolute atomic E-state index is 0.0469. The molecule has 30 heavy (non-hydrogen) atoms. The summed E-state index contributed by atoms with van der Waals surface area (Å²) in [4.78, 5) is 50.1. The molecule has 1 unspecified atom stereocenters. The molecule has 0 radical (unpaired) electrons. The predicted molar refractivity (Wildman–Crippen MR) is 110 cm³/mol. The monoisotopic (exact) mass is 416 g/mol. The second-order valence-electron chi connectivity index (χ2n) is 7.05. The number of esters is 2. The van der Waals surface area contributed by atoms with Gasteiger partial charge in [0.25, 0.3) is 5.91 Å². The van der Waals surface area contributed by atoms with E-state index in [9.17, 15) is 19.2 Å². The first-order chi connectivity index (χ1) is 14.3. The molecule has 1 fully saturated rings. The average Bonchev–Trinajstić information content (AvgIpc) is 2.73. The van der Waals surface area contributed by atoms with Crippen molar-refractivity contribution in [1.82, 2.24) is 10.2 Å². The van der Waals surface area contributed by atoms with Crippen molar-refractivity contribution >= 4 is 29.8 Å². The van der Waals surface area contributed by atoms with Gasteiger partial charge in [-0.15, -0.1) is 0 Å². The quantitative estimate of drug-likeness (QED) is 0.538. The van der Waals surface area contributed by atoms with E-state index in [1.54, 1.807) is 36.1 Å². The van der Waals surface area contributed by atoms with E-state index < -0.39 is 18.0 Å². The first kappa shape index (κ1) is 23.1. The molecule has 1 aromatic carbocycles. The van der Waals surface area contributed by atoms with Crippen LogP contribution in [0, 0.1) is 5.92 Å². The standard InChI is InChI=1S/C22H28N2O6/c1-4-29-21(27)18-10-12-24(13-11-18)20(26)15(2)30-22(28)19(23-16(3)25)14-17-8-6-5-7-9-17/h5-9,14-15,18H,4,10-13H2,1-3H3,(H,23,25)/b19-14+. The molecule has 1 atom stereocenters. The molecular weight excluding hydrogens is 388 g/mol. The fourth-order valence-electron chi connectivity index (χ4n) is 3.18. The van der Waals surface area contributed by atoms with E-state index in [2.05, 4.69) is 5.32 Å². The van der Waals surface area contributed by atoms with E-state index in [0.29, 0.717) is 38.1 Å². The summed E-state index contributed by atoms with van der Waals surface area (Å²) in [5.74, 6) is -2.01. The number of piperidine rings is 1. The van der Waals surface area contributed by atoms with Gasteiger partial charge in [0.05, 0.1) is 12.5 Å². The molecule has 0 bridgehead atoms. The summed E-state index contributed by atoms with van der Waals surface area (Å²) in [6.07, 6.45) is 1.49. The molecule has 8 nitrogen and oxygen atoms in total. The van der Waals surface area contributed by atoms with Crippen LogP contribution in [0.2, 0.25) is 0 Å². The maximum Gasteiger partial charge on any atom is 0.355 e. The van der Waals surface area contributed by atoms with Gasteiger partial charge in [-0.25, -0.2) is 4.79 Å². The van der Waals surface area contributed by atoms with Crippen molar-refractivity contribution in [2.45, 2.75) is 39.7 Å². The normalized spacial score (nSPS) is 15.8. The van der Waals surface area contributed by atoms with Crippen LogP contribution in [-0.4, -0.2) is 54.5 Å². The lowest BCUT2D eigenvalue weighted by molar-refractivity contribution is -0.158. The van der Waals surface area contributed by atoms with Crippen LogP contribution in [0.3, 0.4) is 0 Å². The Morgan fingerprint density at radius 2 is 1.80 bits per heavy atom. The van der Waals surface area contributed by atoms with Crippen LogP contribution in [0.4, 0.5) is 0 Å². The van der Waals surface area contributed by atoms with Crippen LogP contribution in [-0.2, 0) is 28.7 Å². The highest BCUT2D eigenvalue weighted by Gasteiger charge is 2.31. The number of nitrogens with zero attached hydrogens (tertiary/aromatic N) is 1. The third-order valence-corrected chi connectivity index (χ3v) is 4.70. The molecule has 1 heterocycles. The van der Waals surface area contributed by atoms with Crippen LogP contribution in [0.15, 0.2) is 36.0 Å². The van der Waals surface area contributed by atoms with E-state index in [1.165, 1.54) is 19.9 Å². The Hall–Kier alpha value is -3.16. The van der Waals surface area contributed by atoms with Gasteiger partial charge < -0.3 is 19.7 Å². The van der Waals surface area contributed by atoms with Gasteiger partial charge in [0.15, 0.2) is 6.10 Å². The summed E-state index contributed by atoms with van der Waals surface area (Å²) < 4.78 is 10.3. The van der Waals surface area contributed by atoms with Crippen LogP contribution >= 0.6 is 0 Å². The zero-order valence-electron chi connectivity index (χ0n) is 17.6. The maximum absolute atomic E-state index is 12.7. The highest BCUT2D eigenvalue weighted by molar-refractivity contribution is 5.98. The Labute approximate surface area is 176 Å². The van der Waals surface area contributed by atoms with Crippen molar-refractivity contribution in [3.63, 3.8) is 0 Å². The number of rotatable bonds is 7.